The molecule has 31 heavy (non-hydrogen) atoms. The molecule has 0 saturated carbocycles. The van der Waals surface area contributed by atoms with Crippen molar-refractivity contribution in [3.63, 3.8) is 0 Å². The summed E-state index contributed by atoms with van der Waals surface area (Å²) in [6, 6.07) is 19.3. The van der Waals surface area contributed by atoms with Crippen molar-refractivity contribution in [1.29, 1.82) is 0 Å². The fraction of sp³-hybridized carbons (Fsp3) is 0.250. The van der Waals surface area contributed by atoms with Crippen LogP contribution in [-0.2, 0) is 15.9 Å². The molecule has 1 aliphatic rings. The maximum atomic E-state index is 11.6. The molecule has 162 valence electrons. The fourth-order valence-corrected chi connectivity index (χ4v) is 4.66. The Labute approximate surface area is 183 Å². The predicted octanol–water partition coefficient (Wildman–Crippen LogP) is 4.15. The van der Waals surface area contributed by atoms with E-state index in [9.17, 15) is 13.0 Å². The second kappa shape index (κ2) is 7.90. The van der Waals surface area contributed by atoms with Gasteiger partial charge in [-0.15, -0.1) is 0 Å². The average molecular weight is 438 g/mol. The predicted molar refractivity (Wildman–Crippen MR) is 122 cm³/mol. The van der Waals surface area contributed by atoms with E-state index in [1.165, 1.54) is 0 Å². The van der Waals surface area contributed by atoms with Crippen LogP contribution in [0.1, 0.15) is 28.2 Å². The molecule has 0 spiro atoms. The Bertz CT molecular complexity index is 1180. The summed E-state index contributed by atoms with van der Waals surface area (Å²) in [5, 5.41) is 0. The van der Waals surface area contributed by atoms with E-state index < -0.39 is 15.9 Å². The van der Waals surface area contributed by atoms with Crippen molar-refractivity contribution in [2.45, 2.75) is 11.7 Å². The second-order valence-electron chi connectivity index (χ2n) is 8.17. The van der Waals surface area contributed by atoms with E-state index in [-0.39, 0.29) is 5.92 Å². The molecule has 0 saturated heterocycles. The maximum Gasteiger partial charge on any atom is 0.133 e. The van der Waals surface area contributed by atoms with Gasteiger partial charge in [0.25, 0.3) is 0 Å². The van der Waals surface area contributed by atoms with Gasteiger partial charge >= 0.3 is 0 Å². The molecule has 0 N–H and O–H groups in total. The van der Waals surface area contributed by atoms with Crippen molar-refractivity contribution in [1.82, 2.24) is 0 Å². The molecule has 3 aromatic carbocycles. The van der Waals surface area contributed by atoms with Crippen LogP contribution < -0.4 is 14.5 Å². The van der Waals surface area contributed by atoms with E-state index in [4.69, 9.17) is 4.74 Å². The topological polar surface area (TPSA) is 72.9 Å². The van der Waals surface area contributed by atoms with Crippen molar-refractivity contribution in [2.75, 3.05) is 38.0 Å². The highest BCUT2D eigenvalue weighted by Crippen LogP contribution is 2.49. The first kappa shape index (κ1) is 21.2. The van der Waals surface area contributed by atoms with Crippen LogP contribution in [-0.4, -0.2) is 41.2 Å². The Morgan fingerprint density at radius 3 is 1.81 bits per heavy atom. The number of hydrogen-bond acceptors (Lipinski definition) is 6. The van der Waals surface area contributed by atoms with Crippen molar-refractivity contribution in [2.24, 2.45) is 0 Å². The highest BCUT2D eigenvalue weighted by Gasteiger charge is 2.31. The van der Waals surface area contributed by atoms with E-state index in [1.807, 2.05) is 86.5 Å². The zero-order valence-electron chi connectivity index (χ0n) is 18.0. The average Bonchev–Trinajstić information content (AvgIpc) is 2.70. The van der Waals surface area contributed by atoms with Crippen LogP contribution in [0.3, 0.4) is 0 Å². The number of rotatable bonds is 5. The van der Waals surface area contributed by atoms with E-state index in [0.29, 0.717) is 5.56 Å². The fourth-order valence-electron chi connectivity index (χ4n) is 4.01. The first-order valence-electron chi connectivity index (χ1n) is 9.96. The molecule has 0 amide bonds. The van der Waals surface area contributed by atoms with E-state index in [2.05, 4.69) is 0 Å². The van der Waals surface area contributed by atoms with Gasteiger partial charge in [-0.2, -0.15) is 0 Å². The molecule has 1 heterocycles. The summed E-state index contributed by atoms with van der Waals surface area (Å²) in [7, 11) is 3.44. The SMILES string of the molecule is CN(C)c1ccc2c(c1)Oc1cc(N(C)C)ccc1C2c1ccccc1CS(=O)(=O)[O-]. The molecule has 6 nitrogen and oxygen atoms in total. The number of benzene rings is 3. The van der Waals surface area contributed by atoms with E-state index in [1.54, 1.807) is 12.1 Å². The van der Waals surface area contributed by atoms with Crippen LogP contribution in [0.5, 0.6) is 11.5 Å². The molecule has 0 unspecified atom stereocenters. The van der Waals surface area contributed by atoms with Gasteiger partial charge in [-0.05, 0) is 23.3 Å². The molecule has 1 aliphatic heterocycles. The Kier molecular flexibility index (Phi) is 5.41. The first-order chi connectivity index (χ1) is 14.6. The minimum atomic E-state index is -4.42. The maximum absolute atomic E-state index is 11.6. The Morgan fingerprint density at radius 2 is 1.32 bits per heavy atom. The third kappa shape index (κ3) is 4.24. The Morgan fingerprint density at radius 1 is 0.806 bits per heavy atom. The van der Waals surface area contributed by atoms with Crippen LogP contribution in [0.2, 0.25) is 0 Å². The normalized spacial score (nSPS) is 13.2. The zero-order valence-corrected chi connectivity index (χ0v) is 18.8. The molecule has 0 radical (unpaired) electrons. The summed E-state index contributed by atoms with van der Waals surface area (Å²) in [5.74, 6) is 0.652. The monoisotopic (exact) mass is 437 g/mol. The van der Waals surface area contributed by atoms with Gasteiger partial charge in [0.15, 0.2) is 0 Å². The highest BCUT2D eigenvalue weighted by atomic mass is 32.2. The Balaban J connectivity index is 1.95. The summed E-state index contributed by atoms with van der Waals surface area (Å²) >= 11 is 0. The largest absolute Gasteiger partial charge is 0.748 e. The second-order valence-corrected chi connectivity index (χ2v) is 9.57. The molecule has 0 aliphatic carbocycles. The van der Waals surface area contributed by atoms with Crippen molar-refractivity contribution in [3.05, 3.63) is 82.9 Å². The summed E-state index contributed by atoms with van der Waals surface area (Å²) in [6.45, 7) is 0. The lowest BCUT2D eigenvalue weighted by atomic mass is 9.80. The molecular formula is C24H25N2O4S-. The molecule has 0 bridgehead atoms. The van der Waals surface area contributed by atoms with Crippen LogP contribution >= 0.6 is 0 Å². The molecule has 0 aromatic heterocycles. The Hall–Kier alpha value is -3.03. The third-order valence-electron chi connectivity index (χ3n) is 5.57. The van der Waals surface area contributed by atoms with Crippen LogP contribution in [0.4, 0.5) is 11.4 Å². The van der Waals surface area contributed by atoms with E-state index in [0.717, 1.165) is 39.6 Å². The number of fused-ring (bicyclic) bond motifs is 2. The van der Waals surface area contributed by atoms with Crippen LogP contribution in [0.25, 0.3) is 0 Å². The summed E-state index contributed by atoms with van der Waals surface area (Å²) in [5.41, 5.74) is 5.18. The minimum absolute atomic E-state index is 0.246. The molecule has 3 aromatic rings. The standard InChI is InChI=1S/C24H26N2O4S/c1-25(2)17-9-11-20-22(13-17)30-23-14-18(26(3)4)10-12-21(23)24(20)19-8-6-5-7-16(19)15-31(27,28)29/h5-14,24H,15H2,1-4H3,(H,27,28,29)/p-1. The van der Waals surface area contributed by atoms with Gasteiger partial charge in [0.05, 0.1) is 15.9 Å². The minimum Gasteiger partial charge on any atom is -0.748 e. The molecule has 0 atom stereocenters. The number of hydrogen-bond donors (Lipinski definition) is 0. The number of nitrogens with zero attached hydrogens (tertiary/aromatic N) is 2. The summed E-state index contributed by atoms with van der Waals surface area (Å²) < 4.78 is 41.0. The summed E-state index contributed by atoms with van der Waals surface area (Å²) in [6.07, 6.45) is 0. The van der Waals surface area contributed by atoms with Gasteiger partial charge in [0, 0.05) is 68.7 Å². The van der Waals surface area contributed by atoms with Crippen molar-refractivity contribution in [3.8, 4) is 11.5 Å². The lowest BCUT2D eigenvalue weighted by Crippen LogP contribution is -2.17. The summed E-state index contributed by atoms with van der Waals surface area (Å²) in [4.78, 5) is 4.00. The molecule has 7 heteroatoms. The zero-order chi connectivity index (χ0) is 22.3. The van der Waals surface area contributed by atoms with Gasteiger partial charge in [0.1, 0.15) is 11.5 Å². The smallest absolute Gasteiger partial charge is 0.133 e. The number of ether oxygens (including phenoxy) is 1. The van der Waals surface area contributed by atoms with Crippen molar-refractivity contribution >= 4 is 21.5 Å². The van der Waals surface area contributed by atoms with Crippen LogP contribution in [0, 0.1) is 0 Å². The molecule has 0 fully saturated rings. The van der Waals surface area contributed by atoms with Gasteiger partial charge < -0.3 is 19.1 Å². The van der Waals surface area contributed by atoms with Gasteiger partial charge in [0.2, 0.25) is 0 Å². The van der Waals surface area contributed by atoms with Gasteiger partial charge in [-0.1, -0.05) is 36.4 Å². The highest BCUT2D eigenvalue weighted by molar-refractivity contribution is 7.84. The lowest BCUT2D eigenvalue weighted by molar-refractivity contribution is 0.452. The lowest BCUT2D eigenvalue weighted by Gasteiger charge is -2.31. The third-order valence-corrected chi connectivity index (χ3v) is 6.23. The van der Waals surface area contributed by atoms with E-state index >= 15 is 0 Å². The molecule has 4 rings (SSSR count). The van der Waals surface area contributed by atoms with Crippen molar-refractivity contribution < 1.29 is 17.7 Å². The first-order valence-corrected chi connectivity index (χ1v) is 11.5. The molecular weight excluding hydrogens is 412 g/mol. The van der Waals surface area contributed by atoms with Gasteiger partial charge in [-0.3, -0.25) is 0 Å². The van der Waals surface area contributed by atoms with Crippen LogP contribution in [0.15, 0.2) is 60.7 Å². The van der Waals surface area contributed by atoms with Gasteiger partial charge in [-0.25, -0.2) is 8.42 Å². The number of anilines is 2. The quantitative estimate of drug-likeness (QED) is 0.437.